The van der Waals surface area contributed by atoms with Gasteiger partial charge in [0.2, 0.25) is 0 Å². The number of para-hydroxylation sites is 1. The highest BCUT2D eigenvalue weighted by molar-refractivity contribution is 6.15. The number of fused-ring (bicyclic) bond motifs is 7. The zero-order valence-corrected chi connectivity index (χ0v) is 23.7. The zero-order valence-electron chi connectivity index (χ0n) is 23.7. The summed E-state index contributed by atoms with van der Waals surface area (Å²) in [6.45, 7) is 4.77. The maximum atomic E-state index is 2.51. The third-order valence-corrected chi connectivity index (χ3v) is 9.55. The van der Waals surface area contributed by atoms with Crippen molar-refractivity contribution in [2.75, 3.05) is 0 Å². The first-order chi connectivity index (χ1) is 20.6. The van der Waals surface area contributed by atoms with E-state index in [0.717, 1.165) is 0 Å². The molecule has 9 rings (SSSR count). The molecule has 198 valence electrons. The highest BCUT2D eigenvalue weighted by Gasteiger charge is 2.35. The SMILES string of the molecule is CC1(C)c2ccccc2-n2c3ccc(-c4cccc5ccccc45)cc3c3cc(-c4cccc5ccccc45)cc1c32. The Morgan fingerprint density at radius 3 is 1.79 bits per heavy atom. The number of hydrogen-bond acceptors (Lipinski definition) is 0. The Bertz CT molecular complexity index is 2370. The molecular formula is C41H29N. The van der Waals surface area contributed by atoms with Crippen LogP contribution in [0.5, 0.6) is 0 Å². The fourth-order valence-corrected chi connectivity index (χ4v) is 7.49. The molecule has 0 amide bonds. The molecule has 0 saturated carbocycles. The fourth-order valence-electron chi connectivity index (χ4n) is 7.49. The van der Waals surface area contributed by atoms with E-state index >= 15 is 0 Å². The van der Waals surface area contributed by atoms with Crippen LogP contribution >= 0.6 is 0 Å². The summed E-state index contributed by atoms with van der Waals surface area (Å²) in [4.78, 5) is 0. The molecular weight excluding hydrogens is 506 g/mol. The molecule has 0 atom stereocenters. The number of benzene rings is 7. The van der Waals surface area contributed by atoms with Gasteiger partial charge in [-0.3, -0.25) is 0 Å². The van der Waals surface area contributed by atoms with Crippen molar-refractivity contribution < 1.29 is 0 Å². The summed E-state index contributed by atoms with van der Waals surface area (Å²) < 4.78 is 2.51. The molecule has 0 unspecified atom stereocenters. The van der Waals surface area contributed by atoms with Gasteiger partial charge >= 0.3 is 0 Å². The molecule has 0 spiro atoms. The Kier molecular flexibility index (Phi) is 4.73. The van der Waals surface area contributed by atoms with Gasteiger partial charge in [-0.2, -0.15) is 0 Å². The lowest BCUT2D eigenvalue weighted by atomic mass is 9.74. The average Bonchev–Trinajstić information content (AvgIpc) is 3.37. The van der Waals surface area contributed by atoms with Gasteiger partial charge in [0.05, 0.1) is 16.7 Å². The van der Waals surface area contributed by atoms with E-state index < -0.39 is 0 Å². The van der Waals surface area contributed by atoms with E-state index in [2.05, 4.69) is 158 Å². The molecule has 1 nitrogen and oxygen atoms in total. The van der Waals surface area contributed by atoms with E-state index in [1.54, 1.807) is 0 Å². The molecule has 0 aliphatic carbocycles. The van der Waals surface area contributed by atoms with Crippen molar-refractivity contribution in [3.63, 3.8) is 0 Å². The summed E-state index contributed by atoms with van der Waals surface area (Å²) in [6, 6.07) is 51.7. The lowest BCUT2D eigenvalue weighted by Crippen LogP contribution is -2.26. The van der Waals surface area contributed by atoms with Crippen molar-refractivity contribution in [1.82, 2.24) is 4.57 Å². The third-order valence-electron chi connectivity index (χ3n) is 9.55. The van der Waals surface area contributed by atoms with Gasteiger partial charge in [-0.1, -0.05) is 123 Å². The highest BCUT2D eigenvalue weighted by Crippen LogP contribution is 2.50. The Hall–Kier alpha value is -5.14. The van der Waals surface area contributed by atoms with Crippen LogP contribution in [0.2, 0.25) is 0 Å². The quantitative estimate of drug-likeness (QED) is 0.207. The second-order valence-electron chi connectivity index (χ2n) is 12.2. The van der Waals surface area contributed by atoms with Crippen molar-refractivity contribution in [1.29, 1.82) is 0 Å². The molecule has 0 saturated heterocycles. The molecule has 8 aromatic rings. The van der Waals surface area contributed by atoms with Gasteiger partial charge < -0.3 is 4.57 Å². The fraction of sp³-hybridized carbons (Fsp3) is 0.0732. The summed E-state index contributed by atoms with van der Waals surface area (Å²) in [5.74, 6) is 0. The maximum absolute atomic E-state index is 2.51. The molecule has 1 aromatic heterocycles. The van der Waals surface area contributed by atoms with Crippen LogP contribution in [0.3, 0.4) is 0 Å². The van der Waals surface area contributed by atoms with Crippen molar-refractivity contribution in [3.05, 3.63) is 151 Å². The molecule has 1 heteroatoms. The zero-order chi connectivity index (χ0) is 28.0. The number of hydrogen-bond donors (Lipinski definition) is 0. The van der Waals surface area contributed by atoms with Crippen molar-refractivity contribution in [2.24, 2.45) is 0 Å². The molecule has 0 N–H and O–H groups in total. The summed E-state index contributed by atoms with van der Waals surface area (Å²) >= 11 is 0. The van der Waals surface area contributed by atoms with Gasteiger partial charge in [0, 0.05) is 16.2 Å². The van der Waals surface area contributed by atoms with Gasteiger partial charge in [0.15, 0.2) is 0 Å². The largest absolute Gasteiger partial charge is 0.309 e. The summed E-state index contributed by atoms with van der Waals surface area (Å²) in [5, 5.41) is 7.74. The minimum Gasteiger partial charge on any atom is -0.309 e. The van der Waals surface area contributed by atoms with Crippen LogP contribution in [0, 0.1) is 0 Å². The average molecular weight is 536 g/mol. The van der Waals surface area contributed by atoms with Crippen LogP contribution in [0.25, 0.3) is 71.3 Å². The van der Waals surface area contributed by atoms with Gasteiger partial charge in [0.1, 0.15) is 0 Å². The van der Waals surface area contributed by atoms with Crippen LogP contribution in [-0.2, 0) is 5.41 Å². The maximum Gasteiger partial charge on any atom is 0.0582 e. The highest BCUT2D eigenvalue weighted by atomic mass is 15.0. The summed E-state index contributed by atoms with van der Waals surface area (Å²) in [7, 11) is 0. The molecule has 7 aromatic carbocycles. The van der Waals surface area contributed by atoms with Gasteiger partial charge in [-0.15, -0.1) is 0 Å². The molecule has 42 heavy (non-hydrogen) atoms. The van der Waals surface area contributed by atoms with E-state index in [1.165, 1.54) is 82.4 Å². The van der Waals surface area contributed by atoms with Crippen molar-refractivity contribution in [3.8, 4) is 27.9 Å². The second kappa shape index (κ2) is 8.44. The van der Waals surface area contributed by atoms with E-state index in [9.17, 15) is 0 Å². The third kappa shape index (κ3) is 3.14. The van der Waals surface area contributed by atoms with E-state index in [0.29, 0.717) is 0 Å². The summed E-state index contributed by atoms with van der Waals surface area (Å²) in [6.07, 6.45) is 0. The van der Waals surface area contributed by atoms with Crippen molar-refractivity contribution >= 4 is 43.4 Å². The minimum absolute atomic E-state index is 0.141. The van der Waals surface area contributed by atoms with E-state index in [4.69, 9.17) is 0 Å². The lowest BCUT2D eigenvalue weighted by molar-refractivity contribution is 0.630. The van der Waals surface area contributed by atoms with Crippen molar-refractivity contribution in [2.45, 2.75) is 19.3 Å². The monoisotopic (exact) mass is 535 g/mol. The van der Waals surface area contributed by atoms with E-state index in [1.807, 2.05) is 0 Å². The number of nitrogens with zero attached hydrogens (tertiary/aromatic N) is 1. The van der Waals surface area contributed by atoms with Gasteiger partial charge in [-0.05, 0) is 85.3 Å². The smallest absolute Gasteiger partial charge is 0.0582 e. The molecule has 1 aliphatic heterocycles. The van der Waals surface area contributed by atoms with Crippen LogP contribution in [0.4, 0.5) is 0 Å². The Morgan fingerprint density at radius 2 is 1.05 bits per heavy atom. The topological polar surface area (TPSA) is 4.93 Å². The first-order valence-corrected chi connectivity index (χ1v) is 14.8. The lowest BCUT2D eigenvalue weighted by Gasteiger charge is -2.35. The van der Waals surface area contributed by atoms with E-state index in [-0.39, 0.29) is 5.41 Å². The van der Waals surface area contributed by atoms with Gasteiger partial charge in [0.25, 0.3) is 0 Å². The molecule has 0 radical (unpaired) electrons. The Labute approximate surface area is 245 Å². The van der Waals surface area contributed by atoms with Crippen LogP contribution in [0.1, 0.15) is 25.0 Å². The van der Waals surface area contributed by atoms with Crippen LogP contribution in [0.15, 0.2) is 140 Å². The number of aromatic nitrogens is 1. The van der Waals surface area contributed by atoms with Crippen LogP contribution < -0.4 is 0 Å². The molecule has 2 heterocycles. The molecule has 1 aliphatic rings. The normalized spacial score (nSPS) is 13.7. The Morgan fingerprint density at radius 1 is 0.452 bits per heavy atom. The first kappa shape index (κ1) is 23.6. The molecule has 0 bridgehead atoms. The minimum atomic E-state index is -0.141. The predicted molar refractivity (Wildman–Crippen MR) is 179 cm³/mol. The number of rotatable bonds is 2. The summed E-state index contributed by atoms with van der Waals surface area (Å²) in [5.41, 5.74) is 11.6. The van der Waals surface area contributed by atoms with Crippen LogP contribution in [-0.4, -0.2) is 4.57 Å². The van der Waals surface area contributed by atoms with Gasteiger partial charge in [-0.25, -0.2) is 0 Å². The molecule has 0 fully saturated rings. The Balaban J connectivity index is 1.43. The standard InChI is InChI=1S/C41H29N/c1-41(2)36-19-7-8-20-39(36)42-38-22-21-28(32-17-9-13-26-11-3-5-15-30(26)32)23-34(38)35-24-29(25-37(41)40(35)42)33-18-10-14-27-12-4-6-16-31(27)33/h3-25H,1-2H3. The first-order valence-electron chi connectivity index (χ1n) is 14.8. The second-order valence-corrected chi connectivity index (χ2v) is 12.2. The predicted octanol–water partition coefficient (Wildman–Crippen LogP) is 11.1.